The number of unbranched alkanes of at least 4 members (excludes halogenated alkanes) is 9. The zero-order valence-corrected chi connectivity index (χ0v) is 19.8. The van der Waals surface area contributed by atoms with Gasteiger partial charge in [-0.1, -0.05) is 97.1 Å². The summed E-state index contributed by atoms with van der Waals surface area (Å²) in [6.45, 7) is 7.45. The van der Waals surface area contributed by atoms with Gasteiger partial charge in [0.05, 0.1) is 25.0 Å². The van der Waals surface area contributed by atoms with Crippen molar-refractivity contribution < 1.29 is 19.1 Å². The molecule has 0 aromatic heterocycles. The molecule has 0 aromatic carbocycles. The van der Waals surface area contributed by atoms with Gasteiger partial charge in [-0.25, -0.2) is 0 Å². The molecule has 0 saturated heterocycles. The van der Waals surface area contributed by atoms with Gasteiger partial charge < -0.3 is 9.47 Å². The van der Waals surface area contributed by atoms with Gasteiger partial charge >= 0.3 is 11.9 Å². The molecule has 2 atom stereocenters. The molecule has 0 radical (unpaired) electrons. The number of carbonyl (C=O) groups excluding carboxylic acids is 2. The van der Waals surface area contributed by atoms with E-state index in [2.05, 4.69) is 13.8 Å². The third kappa shape index (κ3) is 12.4. The molecule has 0 spiro atoms. The first kappa shape index (κ1) is 26.7. The highest BCUT2D eigenvalue weighted by Gasteiger charge is 2.36. The molecule has 1 aliphatic rings. The molecule has 0 saturated carbocycles. The van der Waals surface area contributed by atoms with Crippen LogP contribution < -0.4 is 0 Å². The fraction of sp³-hybridized carbons (Fsp3) is 0.846. The van der Waals surface area contributed by atoms with Crippen molar-refractivity contribution in [2.45, 2.75) is 111 Å². The lowest BCUT2D eigenvalue weighted by molar-refractivity contribution is -0.161. The first-order valence-corrected chi connectivity index (χ1v) is 12.5. The SMILES string of the molecule is CCCOC(=O)C1CC=CCC1C(=O)OCCCCCCCCCCCCC(C)C. The van der Waals surface area contributed by atoms with Crippen molar-refractivity contribution in [1.82, 2.24) is 0 Å². The highest BCUT2D eigenvalue weighted by molar-refractivity contribution is 5.82. The minimum atomic E-state index is -0.389. The summed E-state index contributed by atoms with van der Waals surface area (Å²) in [5, 5.41) is 0. The van der Waals surface area contributed by atoms with E-state index < -0.39 is 0 Å². The van der Waals surface area contributed by atoms with E-state index in [1.54, 1.807) is 0 Å². The monoisotopic (exact) mass is 422 g/mol. The van der Waals surface area contributed by atoms with Crippen molar-refractivity contribution in [1.29, 1.82) is 0 Å². The summed E-state index contributed by atoms with van der Waals surface area (Å²) in [4.78, 5) is 24.7. The number of hydrogen-bond donors (Lipinski definition) is 0. The van der Waals surface area contributed by atoms with E-state index in [0.717, 1.165) is 25.2 Å². The standard InChI is InChI=1S/C26H46O4/c1-4-20-29-25(27)23-18-14-15-19-24(23)26(28)30-21-16-12-10-8-6-5-7-9-11-13-17-22(2)3/h14-15,22-24H,4-13,16-21H2,1-3H3. The quantitative estimate of drug-likeness (QED) is 0.144. The second-order valence-corrected chi connectivity index (χ2v) is 9.21. The zero-order valence-electron chi connectivity index (χ0n) is 19.8. The minimum absolute atomic E-state index is 0.240. The van der Waals surface area contributed by atoms with E-state index in [9.17, 15) is 9.59 Å². The van der Waals surface area contributed by atoms with E-state index in [-0.39, 0.29) is 23.8 Å². The maximum absolute atomic E-state index is 12.4. The summed E-state index contributed by atoms with van der Waals surface area (Å²) < 4.78 is 10.7. The molecule has 2 unspecified atom stereocenters. The predicted octanol–water partition coefficient (Wildman–Crippen LogP) is 7.01. The lowest BCUT2D eigenvalue weighted by Gasteiger charge is -2.25. The summed E-state index contributed by atoms with van der Waals surface area (Å²) in [6, 6.07) is 0. The molecule has 1 aliphatic carbocycles. The van der Waals surface area contributed by atoms with Gasteiger partial charge in [-0.3, -0.25) is 9.59 Å². The average Bonchev–Trinajstić information content (AvgIpc) is 2.74. The molecule has 0 aromatic rings. The van der Waals surface area contributed by atoms with E-state index in [0.29, 0.717) is 26.1 Å². The van der Waals surface area contributed by atoms with Crippen LogP contribution >= 0.6 is 0 Å². The number of esters is 2. The molecule has 0 fully saturated rings. The number of allylic oxidation sites excluding steroid dienone is 2. The van der Waals surface area contributed by atoms with Crippen LogP contribution in [0.1, 0.15) is 111 Å². The van der Waals surface area contributed by atoms with Crippen LogP contribution in [0, 0.1) is 17.8 Å². The fourth-order valence-corrected chi connectivity index (χ4v) is 3.99. The lowest BCUT2D eigenvalue weighted by Crippen LogP contribution is -2.34. The minimum Gasteiger partial charge on any atom is -0.465 e. The Hall–Kier alpha value is -1.32. The largest absolute Gasteiger partial charge is 0.465 e. The molecule has 0 amide bonds. The van der Waals surface area contributed by atoms with E-state index >= 15 is 0 Å². The van der Waals surface area contributed by atoms with Gasteiger partial charge in [0, 0.05) is 0 Å². The summed E-state index contributed by atoms with van der Waals surface area (Å²) in [5.74, 6) is -0.440. The highest BCUT2D eigenvalue weighted by atomic mass is 16.5. The summed E-state index contributed by atoms with van der Waals surface area (Å²) in [7, 11) is 0. The normalized spacial score (nSPS) is 18.5. The maximum atomic E-state index is 12.4. The first-order valence-electron chi connectivity index (χ1n) is 12.5. The van der Waals surface area contributed by atoms with Crippen LogP contribution in [0.3, 0.4) is 0 Å². The van der Waals surface area contributed by atoms with Gasteiger partial charge in [0.15, 0.2) is 0 Å². The van der Waals surface area contributed by atoms with E-state index in [4.69, 9.17) is 9.47 Å². The Morgan fingerprint density at radius 1 is 0.733 bits per heavy atom. The van der Waals surface area contributed by atoms with Crippen LogP contribution in [-0.2, 0) is 19.1 Å². The molecular weight excluding hydrogens is 376 g/mol. The van der Waals surface area contributed by atoms with Crippen molar-refractivity contribution >= 4 is 11.9 Å². The van der Waals surface area contributed by atoms with Gasteiger partial charge in [-0.15, -0.1) is 0 Å². The Morgan fingerprint density at radius 2 is 1.17 bits per heavy atom. The Morgan fingerprint density at radius 3 is 1.63 bits per heavy atom. The van der Waals surface area contributed by atoms with Gasteiger partial charge in [-0.2, -0.15) is 0 Å². The van der Waals surface area contributed by atoms with Crippen LogP contribution in [0.5, 0.6) is 0 Å². The van der Waals surface area contributed by atoms with Crippen LogP contribution in [0.4, 0.5) is 0 Å². The fourth-order valence-electron chi connectivity index (χ4n) is 3.99. The van der Waals surface area contributed by atoms with E-state index in [1.807, 2.05) is 19.1 Å². The third-order valence-corrected chi connectivity index (χ3v) is 5.91. The Labute approximate surface area is 185 Å². The Bertz CT molecular complexity index is 483. The average molecular weight is 423 g/mol. The molecule has 0 N–H and O–H groups in total. The predicted molar refractivity (Wildman–Crippen MR) is 123 cm³/mol. The van der Waals surface area contributed by atoms with Gasteiger partial charge in [-0.05, 0) is 31.6 Å². The van der Waals surface area contributed by atoms with Crippen molar-refractivity contribution in [2.24, 2.45) is 17.8 Å². The van der Waals surface area contributed by atoms with Crippen molar-refractivity contribution in [2.75, 3.05) is 13.2 Å². The van der Waals surface area contributed by atoms with Crippen LogP contribution in [0.25, 0.3) is 0 Å². The number of ether oxygens (including phenoxy) is 2. The van der Waals surface area contributed by atoms with Crippen molar-refractivity contribution in [3.05, 3.63) is 12.2 Å². The van der Waals surface area contributed by atoms with E-state index in [1.165, 1.54) is 57.8 Å². The smallest absolute Gasteiger partial charge is 0.310 e. The lowest BCUT2D eigenvalue weighted by atomic mass is 9.83. The second kappa shape index (κ2) is 17.4. The first-order chi connectivity index (χ1) is 14.6. The molecule has 174 valence electrons. The second-order valence-electron chi connectivity index (χ2n) is 9.21. The summed E-state index contributed by atoms with van der Waals surface area (Å²) in [6.07, 6.45) is 19.9. The topological polar surface area (TPSA) is 52.6 Å². The number of carbonyl (C=O) groups is 2. The molecular formula is C26H46O4. The van der Waals surface area contributed by atoms with Crippen molar-refractivity contribution in [3.8, 4) is 0 Å². The van der Waals surface area contributed by atoms with Crippen LogP contribution in [0.15, 0.2) is 12.2 Å². The number of hydrogen-bond acceptors (Lipinski definition) is 4. The van der Waals surface area contributed by atoms with Crippen LogP contribution in [-0.4, -0.2) is 25.2 Å². The maximum Gasteiger partial charge on any atom is 0.310 e. The van der Waals surface area contributed by atoms with Gasteiger partial charge in [0.2, 0.25) is 0 Å². The van der Waals surface area contributed by atoms with Crippen LogP contribution in [0.2, 0.25) is 0 Å². The molecule has 1 rings (SSSR count). The molecule has 0 heterocycles. The molecule has 30 heavy (non-hydrogen) atoms. The van der Waals surface area contributed by atoms with Gasteiger partial charge in [0.1, 0.15) is 0 Å². The Kier molecular flexibility index (Phi) is 15.5. The molecule has 0 aliphatic heterocycles. The molecule has 4 heteroatoms. The van der Waals surface area contributed by atoms with Crippen molar-refractivity contribution in [3.63, 3.8) is 0 Å². The summed E-state index contributed by atoms with van der Waals surface area (Å²) >= 11 is 0. The Balaban J connectivity index is 2.03. The number of rotatable bonds is 17. The molecule has 0 bridgehead atoms. The highest BCUT2D eigenvalue weighted by Crippen LogP contribution is 2.28. The molecule has 4 nitrogen and oxygen atoms in total. The van der Waals surface area contributed by atoms with Gasteiger partial charge in [0.25, 0.3) is 0 Å². The third-order valence-electron chi connectivity index (χ3n) is 5.91. The summed E-state index contributed by atoms with van der Waals surface area (Å²) in [5.41, 5.74) is 0. The zero-order chi connectivity index (χ0) is 22.0.